The van der Waals surface area contributed by atoms with Crippen molar-refractivity contribution in [3.8, 4) is 0 Å². The molecule has 0 radical (unpaired) electrons. The first-order chi connectivity index (χ1) is 9.31. The van der Waals surface area contributed by atoms with Crippen LogP contribution in [0.2, 0.25) is 0 Å². The van der Waals surface area contributed by atoms with Gasteiger partial charge in [-0.3, -0.25) is 9.69 Å². The average Bonchev–Trinajstić information content (AvgIpc) is 3.14. The number of rotatable bonds is 8. The summed E-state index contributed by atoms with van der Waals surface area (Å²) in [7, 11) is -3.05. The van der Waals surface area contributed by atoms with Crippen molar-refractivity contribution in [2.24, 2.45) is 0 Å². The Morgan fingerprint density at radius 1 is 1.20 bits per heavy atom. The Balaban J connectivity index is 1.98. The predicted octanol–water partition coefficient (Wildman–Crippen LogP) is 0.895. The van der Waals surface area contributed by atoms with Crippen molar-refractivity contribution >= 4 is 15.7 Å². The van der Waals surface area contributed by atoms with Gasteiger partial charge in [0.05, 0.1) is 12.3 Å². The molecule has 6 heteroatoms. The lowest BCUT2D eigenvalue weighted by Gasteiger charge is -2.31. The lowest BCUT2D eigenvalue weighted by atomic mass is 10.3. The Kier molecular flexibility index (Phi) is 4.74. The second kappa shape index (κ2) is 6.02. The van der Waals surface area contributed by atoms with Crippen LogP contribution in [-0.2, 0) is 14.6 Å². The Bertz CT molecular complexity index is 455. The van der Waals surface area contributed by atoms with Gasteiger partial charge in [0, 0.05) is 24.4 Å². The number of carbonyl (C=O) groups excluding carboxylic acids is 1. The van der Waals surface area contributed by atoms with Gasteiger partial charge in [0.15, 0.2) is 0 Å². The first kappa shape index (κ1) is 15.8. The normalized spacial score (nSPS) is 21.0. The molecule has 0 unspecified atom stereocenters. The molecule has 2 saturated carbocycles. The minimum absolute atomic E-state index is 0.0603. The first-order valence-electron chi connectivity index (χ1n) is 7.54. The van der Waals surface area contributed by atoms with Gasteiger partial charge in [0.2, 0.25) is 5.91 Å². The smallest absolute Gasteiger partial charge is 0.237 e. The number of likely N-dealkylation sites (N-methyl/N-ethyl adjacent to an activating group) is 1. The van der Waals surface area contributed by atoms with Gasteiger partial charge in [-0.1, -0.05) is 6.92 Å². The number of hydrogen-bond donors (Lipinski definition) is 0. The molecule has 5 nitrogen and oxygen atoms in total. The third kappa shape index (κ3) is 4.45. The highest BCUT2D eigenvalue weighted by molar-refractivity contribution is 7.90. The van der Waals surface area contributed by atoms with Crippen molar-refractivity contribution in [1.29, 1.82) is 0 Å². The highest BCUT2D eigenvalue weighted by Crippen LogP contribution is 2.31. The minimum atomic E-state index is -3.05. The van der Waals surface area contributed by atoms with Crippen molar-refractivity contribution in [2.75, 3.05) is 25.1 Å². The number of sulfone groups is 1. The van der Waals surface area contributed by atoms with E-state index >= 15 is 0 Å². The van der Waals surface area contributed by atoms with E-state index in [0.29, 0.717) is 12.6 Å². The molecule has 20 heavy (non-hydrogen) atoms. The van der Waals surface area contributed by atoms with Crippen LogP contribution in [-0.4, -0.2) is 67.3 Å². The third-order valence-electron chi connectivity index (χ3n) is 4.05. The third-order valence-corrected chi connectivity index (χ3v) is 5.14. The van der Waals surface area contributed by atoms with Crippen LogP contribution in [0.1, 0.15) is 39.5 Å². The maximum absolute atomic E-state index is 12.5. The van der Waals surface area contributed by atoms with Gasteiger partial charge in [-0.15, -0.1) is 0 Å². The fraction of sp³-hybridized carbons (Fsp3) is 0.929. The Hall–Kier alpha value is -0.620. The summed E-state index contributed by atoms with van der Waals surface area (Å²) < 4.78 is 22.9. The predicted molar refractivity (Wildman–Crippen MR) is 79.3 cm³/mol. The average molecular weight is 302 g/mol. The molecule has 0 aromatic heterocycles. The zero-order chi connectivity index (χ0) is 14.9. The molecule has 0 bridgehead atoms. The topological polar surface area (TPSA) is 57.7 Å². The van der Waals surface area contributed by atoms with Crippen molar-refractivity contribution in [2.45, 2.75) is 57.7 Å². The summed E-state index contributed by atoms with van der Waals surface area (Å²) in [4.78, 5) is 16.6. The maximum Gasteiger partial charge on any atom is 0.237 e. The van der Waals surface area contributed by atoms with E-state index in [1.54, 1.807) is 0 Å². The summed E-state index contributed by atoms with van der Waals surface area (Å²) in [6.45, 7) is 5.25. The SMILES string of the molecule is CCN(CC(=O)N(C1CC1)[C@@H](C)CS(C)(=O)=O)C1CC1. The molecule has 2 rings (SSSR count). The molecule has 0 saturated heterocycles. The van der Waals surface area contributed by atoms with Crippen LogP contribution in [0.5, 0.6) is 0 Å². The minimum Gasteiger partial charge on any atom is -0.335 e. The number of nitrogens with zero attached hydrogens (tertiary/aromatic N) is 2. The van der Waals surface area contributed by atoms with E-state index in [9.17, 15) is 13.2 Å². The summed E-state index contributed by atoms with van der Waals surface area (Å²) in [6, 6.07) is 0.607. The fourth-order valence-electron chi connectivity index (χ4n) is 2.87. The molecule has 0 spiro atoms. The van der Waals surface area contributed by atoms with Gasteiger partial charge in [0.1, 0.15) is 9.84 Å². The number of hydrogen-bond acceptors (Lipinski definition) is 4. The van der Waals surface area contributed by atoms with E-state index in [-0.39, 0.29) is 23.7 Å². The van der Waals surface area contributed by atoms with Crippen LogP contribution in [0, 0.1) is 0 Å². The zero-order valence-corrected chi connectivity index (χ0v) is 13.5. The molecule has 0 heterocycles. The van der Waals surface area contributed by atoms with Crippen LogP contribution in [0.25, 0.3) is 0 Å². The van der Waals surface area contributed by atoms with Crippen molar-refractivity contribution in [3.05, 3.63) is 0 Å². The molecular formula is C14H26N2O3S. The van der Waals surface area contributed by atoms with Gasteiger partial charge in [0.25, 0.3) is 0 Å². The molecule has 2 fully saturated rings. The van der Waals surface area contributed by atoms with Crippen molar-refractivity contribution in [1.82, 2.24) is 9.80 Å². The molecule has 116 valence electrons. The molecule has 2 aliphatic carbocycles. The quantitative estimate of drug-likeness (QED) is 0.668. The lowest BCUT2D eigenvalue weighted by Crippen LogP contribution is -2.48. The standard InChI is InChI=1S/C14H26N2O3S/c1-4-15(12-5-6-12)9-14(17)16(13-7-8-13)11(2)10-20(3,18)19/h11-13H,4-10H2,1-3H3/t11-/m0/s1. The molecule has 2 aliphatic rings. The molecule has 0 N–H and O–H groups in total. The second-order valence-corrected chi connectivity index (χ2v) is 8.45. The summed E-state index contributed by atoms with van der Waals surface area (Å²) in [5.41, 5.74) is 0. The van der Waals surface area contributed by atoms with Crippen molar-refractivity contribution in [3.63, 3.8) is 0 Å². The Morgan fingerprint density at radius 3 is 2.15 bits per heavy atom. The number of amides is 1. The van der Waals surface area contributed by atoms with Gasteiger partial charge in [-0.2, -0.15) is 0 Å². The Labute approximate surface area is 122 Å². The highest BCUT2D eigenvalue weighted by Gasteiger charge is 2.38. The van der Waals surface area contributed by atoms with E-state index in [4.69, 9.17) is 0 Å². The maximum atomic E-state index is 12.5. The first-order valence-corrected chi connectivity index (χ1v) is 9.60. The molecule has 0 aliphatic heterocycles. The van der Waals surface area contributed by atoms with E-state index in [2.05, 4.69) is 11.8 Å². The molecular weight excluding hydrogens is 276 g/mol. The lowest BCUT2D eigenvalue weighted by molar-refractivity contribution is -0.134. The van der Waals surface area contributed by atoms with Gasteiger partial charge in [-0.25, -0.2) is 8.42 Å². The summed E-state index contributed by atoms with van der Waals surface area (Å²) in [5.74, 6) is 0.155. The summed E-state index contributed by atoms with van der Waals surface area (Å²) in [6.07, 6.45) is 5.62. The number of carbonyl (C=O) groups is 1. The van der Waals surface area contributed by atoms with Crippen LogP contribution in [0.15, 0.2) is 0 Å². The molecule has 0 aromatic carbocycles. The van der Waals surface area contributed by atoms with E-state index in [1.807, 2.05) is 11.8 Å². The van der Waals surface area contributed by atoms with E-state index in [0.717, 1.165) is 19.4 Å². The van der Waals surface area contributed by atoms with E-state index < -0.39 is 9.84 Å². The van der Waals surface area contributed by atoms with Gasteiger partial charge < -0.3 is 4.90 Å². The molecule has 0 aromatic rings. The summed E-state index contributed by atoms with van der Waals surface area (Å²) in [5, 5.41) is 0. The van der Waals surface area contributed by atoms with Gasteiger partial charge in [-0.05, 0) is 39.2 Å². The molecule has 1 atom stereocenters. The van der Waals surface area contributed by atoms with E-state index in [1.165, 1.54) is 19.1 Å². The Morgan fingerprint density at radius 2 is 1.75 bits per heavy atom. The largest absolute Gasteiger partial charge is 0.335 e. The van der Waals surface area contributed by atoms with Crippen LogP contribution < -0.4 is 0 Å². The van der Waals surface area contributed by atoms with Crippen molar-refractivity contribution < 1.29 is 13.2 Å². The summed E-state index contributed by atoms with van der Waals surface area (Å²) >= 11 is 0. The molecule has 1 amide bonds. The monoisotopic (exact) mass is 302 g/mol. The van der Waals surface area contributed by atoms with Crippen LogP contribution in [0.4, 0.5) is 0 Å². The van der Waals surface area contributed by atoms with Gasteiger partial charge >= 0.3 is 0 Å². The second-order valence-electron chi connectivity index (χ2n) is 6.27. The zero-order valence-electron chi connectivity index (χ0n) is 12.7. The van der Waals surface area contributed by atoms with Crippen LogP contribution in [0.3, 0.4) is 0 Å². The fourth-order valence-corrected chi connectivity index (χ4v) is 3.91. The van der Waals surface area contributed by atoms with Crippen LogP contribution >= 0.6 is 0 Å². The highest BCUT2D eigenvalue weighted by atomic mass is 32.2.